The van der Waals surface area contributed by atoms with Gasteiger partial charge in [0.25, 0.3) is 0 Å². The quantitative estimate of drug-likeness (QED) is 0.635. The zero-order valence-corrected chi connectivity index (χ0v) is 9.41. The zero-order chi connectivity index (χ0) is 12.4. The number of hydrogen-bond donors (Lipinski definition) is 1. The first-order valence-electron chi connectivity index (χ1n) is 5.24. The fraction of sp³-hybridized carbons (Fsp3) is 0.0714. The molecule has 0 aromatic heterocycles. The maximum absolute atomic E-state index is 13.5. The number of nitrogens with two attached hydrogens (primary N) is 1. The van der Waals surface area contributed by atoms with E-state index in [1.807, 2.05) is 19.1 Å². The molecule has 0 atom stereocenters. The second-order valence-electron chi connectivity index (χ2n) is 3.93. The molecule has 0 radical (unpaired) electrons. The number of carbonyl (C=O) groups excluding carboxylic acids is 1. The van der Waals surface area contributed by atoms with Gasteiger partial charge in [0.05, 0.1) is 5.56 Å². The van der Waals surface area contributed by atoms with Crippen LogP contribution in [0.25, 0.3) is 0 Å². The van der Waals surface area contributed by atoms with Gasteiger partial charge in [-0.05, 0) is 25.1 Å². The Labute approximate surface area is 98.9 Å². The third-order valence-corrected chi connectivity index (χ3v) is 2.55. The van der Waals surface area contributed by atoms with Crippen molar-refractivity contribution in [2.24, 2.45) is 0 Å². The lowest BCUT2D eigenvalue weighted by Gasteiger charge is -2.04. The average Bonchev–Trinajstić information content (AvgIpc) is 2.32. The highest BCUT2D eigenvalue weighted by atomic mass is 19.1. The van der Waals surface area contributed by atoms with E-state index in [9.17, 15) is 9.18 Å². The van der Waals surface area contributed by atoms with E-state index in [-0.39, 0.29) is 11.3 Å². The van der Waals surface area contributed by atoms with Gasteiger partial charge in [-0.2, -0.15) is 0 Å². The van der Waals surface area contributed by atoms with Crippen LogP contribution in [0.4, 0.5) is 10.1 Å². The maximum atomic E-state index is 13.5. The number of nitrogen functional groups attached to an aromatic ring is 1. The second kappa shape index (κ2) is 4.37. The highest BCUT2D eigenvalue weighted by Gasteiger charge is 2.13. The van der Waals surface area contributed by atoms with Crippen molar-refractivity contribution < 1.29 is 9.18 Å². The summed E-state index contributed by atoms with van der Waals surface area (Å²) < 4.78 is 13.5. The van der Waals surface area contributed by atoms with E-state index in [0.29, 0.717) is 11.3 Å². The molecule has 17 heavy (non-hydrogen) atoms. The molecule has 0 aliphatic heterocycles. The van der Waals surface area contributed by atoms with Crippen LogP contribution >= 0.6 is 0 Å². The molecule has 2 aromatic rings. The van der Waals surface area contributed by atoms with Crippen LogP contribution in [0.2, 0.25) is 0 Å². The van der Waals surface area contributed by atoms with Crippen LogP contribution in [0, 0.1) is 12.7 Å². The molecular weight excluding hydrogens is 217 g/mol. The molecule has 2 N–H and O–H groups in total. The fourth-order valence-corrected chi connectivity index (χ4v) is 1.58. The number of ketones is 1. The van der Waals surface area contributed by atoms with Crippen LogP contribution in [0.15, 0.2) is 42.5 Å². The first kappa shape index (κ1) is 11.3. The molecule has 0 saturated heterocycles. The standard InChI is InChI=1S/C14H12FNO/c1-9-2-4-10(5-3-9)14(17)12-8-11(16)6-7-13(12)15/h2-8H,16H2,1H3. The summed E-state index contributed by atoms with van der Waals surface area (Å²) in [5, 5.41) is 0. The van der Waals surface area contributed by atoms with Crippen molar-refractivity contribution in [3.63, 3.8) is 0 Å². The van der Waals surface area contributed by atoms with Crippen molar-refractivity contribution in [3.8, 4) is 0 Å². The minimum Gasteiger partial charge on any atom is -0.399 e. The third kappa shape index (κ3) is 2.33. The van der Waals surface area contributed by atoms with E-state index in [4.69, 9.17) is 5.73 Å². The van der Waals surface area contributed by atoms with Crippen LogP contribution in [0.3, 0.4) is 0 Å². The van der Waals surface area contributed by atoms with Gasteiger partial charge >= 0.3 is 0 Å². The molecule has 86 valence electrons. The Morgan fingerprint density at radius 2 is 1.76 bits per heavy atom. The SMILES string of the molecule is Cc1ccc(C(=O)c2cc(N)ccc2F)cc1. The largest absolute Gasteiger partial charge is 0.399 e. The summed E-state index contributed by atoms with van der Waals surface area (Å²) in [4.78, 5) is 12.0. The first-order valence-corrected chi connectivity index (χ1v) is 5.24. The van der Waals surface area contributed by atoms with Crippen molar-refractivity contribution in [2.45, 2.75) is 6.92 Å². The Bertz CT molecular complexity index is 561. The molecular formula is C14H12FNO. The Morgan fingerprint density at radius 3 is 2.41 bits per heavy atom. The van der Waals surface area contributed by atoms with E-state index in [0.717, 1.165) is 5.56 Å². The fourth-order valence-electron chi connectivity index (χ4n) is 1.58. The van der Waals surface area contributed by atoms with Gasteiger partial charge in [0, 0.05) is 11.3 Å². The number of aryl methyl sites for hydroxylation is 1. The molecule has 2 nitrogen and oxygen atoms in total. The van der Waals surface area contributed by atoms with E-state index >= 15 is 0 Å². The second-order valence-corrected chi connectivity index (χ2v) is 3.93. The monoisotopic (exact) mass is 229 g/mol. The van der Waals surface area contributed by atoms with Gasteiger partial charge in [0.15, 0.2) is 5.78 Å². The first-order chi connectivity index (χ1) is 8.08. The van der Waals surface area contributed by atoms with Gasteiger partial charge in [-0.1, -0.05) is 29.8 Å². The number of halogens is 1. The summed E-state index contributed by atoms with van der Waals surface area (Å²) in [7, 11) is 0. The van der Waals surface area contributed by atoms with Gasteiger partial charge in [0.2, 0.25) is 0 Å². The predicted molar refractivity (Wildman–Crippen MR) is 65.4 cm³/mol. The molecule has 3 heteroatoms. The predicted octanol–water partition coefficient (Wildman–Crippen LogP) is 2.95. The highest BCUT2D eigenvalue weighted by molar-refractivity contribution is 6.09. The van der Waals surface area contributed by atoms with Gasteiger partial charge in [-0.3, -0.25) is 4.79 Å². The van der Waals surface area contributed by atoms with Gasteiger partial charge < -0.3 is 5.73 Å². The van der Waals surface area contributed by atoms with Crippen molar-refractivity contribution in [3.05, 3.63) is 65.0 Å². The van der Waals surface area contributed by atoms with Crippen molar-refractivity contribution in [1.29, 1.82) is 0 Å². The van der Waals surface area contributed by atoms with Gasteiger partial charge in [0.1, 0.15) is 5.82 Å². The Kier molecular flexibility index (Phi) is 2.91. The van der Waals surface area contributed by atoms with Crippen molar-refractivity contribution >= 4 is 11.5 Å². The molecule has 0 aliphatic rings. The summed E-state index contributed by atoms with van der Waals surface area (Å²) in [6.07, 6.45) is 0. The molecule has 0 fully saturated rings. The Balaban J connectivity index is 2.43. The molecule has 2 aromatic carbocycles. The van der Waals surface area contributed by atoms with Gasteiger partial charge in [-0.25, -0.2) is 4.39 Å². The number of carbonyl (C=O) groups is 1. The summed E-state index contributed by atoms with van der Waals surface area (Å²) >= 11 is 0. The van der Waals surface area contributed by atoms with Crippen LogP contribution in [0.1, 0.15) is 21.5 Å². The van der Waals surface area contributed by atoms with Crippen LogP contribution < -0.4 is 5.73 Å². The number of hydrogen-bond acceptors (Lipinski definition) is 2. The van der Waals surface area contributed by atoms with E-state index in [1.165, 1.54) is 18.2 Å². The minimum absolute atomic E-state index is 0.00820. The Morgan fingerprint density at radius 1 is 1.12 bits per heavy atom. The number of anilines is 1. The van der Waals surface area contributed by atoms with Crippen molar-refractivity contribution in [1.82, 2.24) is 0 Å². The molecule has 0 saturated carbocycles. The minimum atomic E-state index is -0.551. The molecule has 0 bridgehead atoms. The molecule has 0 spiro atoms. The normalized spacial score (nSPS) is 10.2. The topological polar surface area (TPSA) is 43.1 Å². The summed E-state index contributed by atoms with van der Waals surface area (Å²) in [6, 6.07) is 11.0. The Hall–Kier alpha value is -2.16. The third-order valence-electron chi connectivity index (χ3n) is 2.55. The molecule has 0 unspecified atom stereocenters. The number of benzene rings is 2. The molecule has 0 heterocycles. The van der Waals surface area contributed by atoms with Gasteiger partial charge in [-0.15, -0.1) is 0 Å². The zero-order valence-electron chi connectivity index (χ0n) is 9.41. The molecule has 2 rings (SSSR count). The smallest absolute Gasteiger partial charge is 0.196 e. The van der Waals surface area contributed by atoms with E-state index in [1.54, 1.807) is 12.1 Å². The highest BCUT2D eigenvalue weighted by Crippen LogP contribution is 2.17. The summed E-state index contributed by atoms with van der Waals surface area (Å²) in [5.41, 5.74) is 7.44. The number of rotatable bonds is 2. The molecule has 0 aliphatic carbocycles. The van der Waals surface area contributed by atoms with Crippen LogP contribution in [-0.4, -0.2) is 5.78 Å². The van der Waals surface area contributed by atoms with E-state index < -0.39 is 5.82 Å². The van der Waals surface area contributed by atoms with Crippen LogP contribution in [0.5, 0.6) is 0 Å². The average molecular weight is 229 g/mol. The lowest BCUT2D eigenvalue weighted by atomic mass is 10.0. The van der Waals surface area contributed by atoms with E-state index in [2.05, 4.69) is 0 Å². The summed E-state index contributed by atoms with van der Waals surface area (Å²) in [6.45, 7) is 1.93. The lowest BCUT2D eigenvalue weighted by Crippen LogP contribution is -2.05. The summed E-state index contributed by atoms with van der Waals surface area (Å²) in [5.74, 6) is -0.903. The lowest BCUT2D eigenvalue weighted by molar-refractivity contribution is 0.103. The van der Waals surface area contributed by atoms with Crippen LogP contribution in [-0.2, 0) is 0 Å². The van der Waals surface area contributed by atoms with Crippen molar-refractivity contribution in [2.75, 3.05) is 5.73 Å². The molecule has 0 amide bonds. The maximum Gasteiger partial charge on any atom is 0.196 e.